The van der Waals surface area contributed by atoms with E-state index in [1.54, 1.807) is 0 Å². The predicted molar refractivity (Wildman–Crippen MR) is 99.6 cm³/mol. The van der Waals surface area contributed by atoms with Gasteiger partial charge in [-0.25, -0.2) is 4.79 Å². The first kappa shape index (κ1) is 16.1. The third-order valence-electron chi connectivity index (χ3n) is 4.87. The van der Waals surface area contributed by atoms with E-state index in [0.29, 0.717) is 12.1 Å². The second-order valence-electron chi connectivity index (χ2n) is 6.42. The Hall–Kier alpha value is -3.35. The van der Waals surface area contributed by atoms with Gasteiger partial charge in [0, 0.05) is 20.5 Å². The van der Waals surface area contributed by atoms with Gasteiger partial charge in [0.1, 0.15) is 5.56 Å². The maximum atomic E-state index is 12.5. The summed E-state index contributed by atoms with van der Waals surface area (Å²) in [6.45, 7) is 0. The van der Waals surface area contributed by atoms with E-state index in [2.05, 4.69) is 10.5 Å². The SMILES string of the molecule is Cn1c(O)c(C2=NN[C@@H](c3cccc4ccccc34)C2)c(=O)n(C)c1=O. The fraction of sp³-hybridized carbons (Fsp3) is 0.211. The van der Waals surface area contributed by atoms with E-state index in [4.69, 9.17) is 0 Å². The van der Waals surface area contributed by atoms with Crippen LogP contribution in [0.25, 0.3) is 10.8 Å². The molecule has 1 aliphatic heterocycles. The summed E-state index contributed by atoms with van der Waals surface area (Å²) in [7, 11) is 2.81. The quantitative estimate of drug-likeness (QED) is 0.731. The van der Waals surface area contributed by atoms with Crippen molar-refractivity contribution in [1.29, 1.82) is 0 Å². The molecule has 1 aliphatic rings. The van der Waals surface area contributed by atoms with Gasteiger partial charge in [-0.2, -0.15) is 5.10 Å². The highest BCUT2D eigenvalue weighted by Crippen LogP contribution is 2.30. The normalized spacial score (nSPS) is 16.5. The molecule has 0 bridgehead atoms. The molecule has 1 aromatic heterocycles. The van der Waals surface area contributed by atoms with Gasteiger partial charge in [-0.1, -0.05) is 42.5 Å². The van der Waals surface area contributed by atoms with Gasteiger partial charge in [-0.3, -0.25) is 13.9 Å². The number of hydrogen-bond acceptors (Lipinski definition) is 5. The summed E-state index contributed by atoms with van der Waals surface area (Å²) < 4.78 is 2.02. The van der Waals surface area contributed by atoms with Gasteiger partial charge in [0.05, 0.1) is 11.8 Å². The number of rotatable bonds is 2. The summed E-state index contributed by atoms with van der Waals surface area (Å²) in [6, 6.07) is 14.0. The van der Waals surface area contributed by atoms with Crippen molar-refractivity contribution in [2.24, 2.45) is 19.2 Å². The summed E-state index contributed by atoms with van der Waals surface area (Å²) in [5.74, 6) is -0.364. The molecule has 1 atom stereocenters. The van der Waals surface area contributed by atoms with Crippen LogP contribution in [-0.4, -0.2) is 20.0 Å². The molecule has 2 heterocycles. The minimum atomic E-state index is -0.576. The average Bonchev–Trinajstić information content (AvgIpc) is 3.14. The number of hydrogen-bond donors (Lipinski definition) is 2. The monoisotopic (exact) mass is 350 g/mol. The summed E-state index contributed by atoms with van der Waals surface area (Å²) in [5.41, 5.74) is 3.51. The van der Waals surface area contributed by atoms with Crippen molar-refractivity contribution in [3.8, 4) is 5.88 Å². The second-order valence-corrected chi connectivity index (χ2v) is 6.42. The average molecular weight is 350 g/mol. The Morgan fingerprint density at radius 2 is 1.81 bits per heavy atom. The van der Waals surface area contributed by atoms with E-state index in [1.165, 1.54) is 14.1 Å². The van der Waals surface area contributed by atoms with Gasteiger partial charge >= 0.3 is 5.69 Å². The number of aromatic nitrogens is 2. The van der Waals surface area contributed by atoms with Crippen molar-refractivity contribution in [3.63, 3.8) is 0 Å². The van der Waals surface area contributed by atoms with Gasteiger partial charge in [-0.05, 0) is 16.3 Å². The van der Waals surface area contributed by atoms with Crippen LogP contribution in [0.2, 0.25) is 0 Å². The molecule has 0 aliphatic carbocycles. The number of aromatic hydroxyl groups is 1. The van der Waals surface area contributed by atoms with E-state index >= 15 is 0 Å². The van der Waals surface area contributed by atoms with E-state index < -0.39 is 11.2 Å². The van der Waals surface area contributed by atoms with Crippen molar-refractivity contribution in [1.82, 2.24) is 14.6 Å². The van der Waals surface area contributed by atoms with Gasteiger partial charge in [0.15, 0.2) is 0 Å². The third kappa shape index (κ3) is 2.32. The largest absolute Gasteiger partial charge is 0.494 e. The molecule has 0 unspecified atom stereocenters. The second kappa shape index (κ2) is 5.87. The lowest BCUT2D eigenvalue weighted by Gasteiger charge is -2.14. The van der Waals surface area contributed by atoms with Crippen LogP contribution in [0, 0.1) is 0 Å². The predicted octanol–water partition coefficient (Wildman–Crippen LogP) is 1.38. The zero-order chi connectivity index (χ0) is 18.4. The van der Waals surface area contributed by atoms with Crippen LogP contribution in [0.4, 0.5) is 0 Å². The zero-order valence-corrected chi connectivity index (χ0v) is 14.4. The van der Waals surface area contributed by atoms with Crippen LogP contribution in [0.5, 0.6) is 5.88 Å². The van der Waals surface area contributed by atoms with Crippen LogP contribution in [0.3, 0.4) is 0 Å². The standard InChI is InChI=1S/C19H18N4O3/c1-22-17(24)16(18(25)23(2)19(22)26)15-10-14(20-21-15)13-9-5-7-11-6-3-4-8-12(11)13/h3-9,14,20,24H,10H2,1-2H3/t14-/m1/s1. The van der Waals surface area contributed by atoms with Crippen molar-refractivity contribution in [2.75, 3.05) is 0 Å². The van der Waals surface area contributed by atoms with Crippen molar-refractivity contribution in [2.45, 2.75) is 12.5 Å². The molecule has 0 saturated carbocycles. The molecule has 4 rings (SSSR count). The minimum Gasteiger partial charge on any atom is -0.494 e. The molecule has 0 amide bonds. The number of benzene rings is 2. The summed E-state index contributed by atoms with van der Waals surface area (Å²) in [6.07, 6.45) is 0.439. The number of nitrogens with one attached hydrogen (secondary N) is 1. The maximum absolute atomic E-state index is 12.5. The van der Waals surface area contributed by atoms with E-state index in [-0.39, 0.29) is 17.5 Å². The fourth-order valence-electron chi connectivity index (χ4n) is 3.42. The van der Waals surface area contributed by atoms with Gasteiger partial charge in [0.2, 0.25) is 5.88 Å². The van der Waals surface area contributed by atoms with Crippen LogP contribution in [0.1, 0.15) is 23.6 Å². The lowest BCUT2D eigenvalue weighted by atomic mass is 9.95. The Kier molecular flexibility index (Phi) is 3.64. The first-order valence-electron chi connectivity index (χ1n) is 8.28. The van der Waals surface area contributed by atoms with Crippen molar-refractivity contribution in [3.05, 3.63) is 74.4 Å². The van der Waals surface area contributed by atoms with Crippen LogP contribution < -0.4 is 16.7 Å². The van der Waals surface area contributed by atoms with Crippen molar-refractivity contribution < 1.29 is 5.11 Å². The molecule has 0 spiro atoms. The number of hydrazone groups is 1. The molecule has 132 valence electrons. The Morgan fingerprint density at radius 3 is 2.62 bits per heavy atom. The molecular formula is C19H18N4O3. The summed E-state index contributed by atoms with van der Waals surface area (Å²) >= 11 is 0. The van der Waals surface area contributed by atoms with Crippen LogP contribution in [-0.2, 0) is 14.1 Å². The first-order valence-corrected chi connectivity index (χ1v) is 8.28. The van der Waals surface area contributed by atoms with Crippen LogP contribution in [0.15, 0.2) is 57.2 Å². The molecule has 7 heteroatoms. The van der Waals surface area contributed by atoms with Crippen molar-refractivity contribution >= 4 is 16.5 Å². The summed E-state index contributed by atoms with van der Waals surface area (Å²) in [5, 5.41) is 16.8. The highest BCUT2D eigenvalue weighted by Gasteiger charge is 2.28. The van der Waals surface area contributed by atoms with Crippen LogP contribution >= 0.6 is 0 Å². The molecule has 3 aromatic rings. The fourth-order valence-corrected chi connectivity index (χ4v) is 3.42. The Balaban J connectivity index is 1.76. The molecule has 7 nitrogen and oxygen atoms in total. The molecule has 0 radical (unpaired) electrons. The van der Waals surface area contributed by atoms with Gasteiger partial charge in [-0.15, -0.1) is 0 Å². The molecule has 0 saturated heterocycles. The van der Waals surface area contributed by atoms with E-state index in [0.717, 1.165) is 25.5 Å². The zero-order valence-electron chi connectivity index (χ0n) is 14.4. The third-order valence-corrected chi connectivity index (χ3v) is 4.87. The minimum absolute atomic E-state index is 0.0600. The highest BCUT2D eigenvalue weighted by atomic mass is 16.3. The molecule has 26 heavy (non-hydrogen) atoms. The first-order chi connectivity index (χ1) is 12.5. The molecule has 0 fully saturated rings. The smallest absolute Gasteiger partial charge is 0.333 e. The number of nitrogens with zero attached hydrogens (tertiary/aromatic N) is 3. The Bertz CT molecular complexity index is 1170. The molecule has 2 N–H and O–H groups in total. The highest BCUT2D eigenvalue weighted by molar-refractivity contribution is 6.03. The lowest BCUT2D eigenvalue weighted by Crippen LogP contribution is -2.39. The summed E-state index contributed by atoms with van der Waals surface area (Å²) in [4.78, 5) is 24.4. The Morgan fingerprint density at radius 1 is 1.08 bits per heavy atom. The lowest BCUT2D eigenvalue weighted by molar-refractivity contribution is 0.410. The van der Waals surface area contributed by atoms with E-state index in [9.17, 15) is 14.7 Å². The Labute approximate surface area is 148 Å². The number of fused-ring (bicyclic) bond motifs is 1. The maximum Gasteiger partial charge on any atom is 0.333 e. The topological polar surface area (TPSA) is 88.6 Å². The molecule has 2 aromatic carbocycles. The van der Waals surface area contributed by atoms with Gasteiger partial charge < -0.3 is 10.5 Å². The van der Waals surface area contributed by atoms with E-state index in [1.807, 2.05) is 42.5 Å². The molecular weight excluding hydrogens is 332 g/mol. The van der Waals surface area contributed by atoms with Gasteiger partial charge in [0.25, 0.3) is 5.56 Å².